The van der Waals surface area contributed by atoms with Crippen molar-refractivity contribution in [1.82, 2.24) is 0 Å². The highest BCUT2D eigenvalue weighted by Gasteiger charge is 2.11. The van der Waals surface area contributed by atoms with Crippen LogP contribution in [-0.2, 0) is 6.42 Å². The highest BCUT2D eigenvalue weighted by molar-refractivity contribution is 5.77. The first-order valence-corrected chi connectivity index (χ1v) is 7.21. The van der Waals surface area contributed by atoms with E-state index < -0.39 is 0 Å². The number of benzene rings is 2. The van der Waals surface area contributed by atoms with E-state index in [9.17, 15) is 0 Å². The zero-order chi connectivity index (χ0) is 14.7. The maximum atomic E-state index is 8.92. The maximum Gasteiger partial charge on any atom is 0.134 e. The molecule has 3 aromatic rings. The van der Waals surface area contributed by atoms with Crippen molar-refractivity contribution in [3.63, 3.8) is 0 Å². The number of hydrogen-bond donors (Lipinski definition) is 2. The van der Waals surface area contributed by atoms with E-state index in [-0.39, 0.29) is 12.6 Å². The summed E-state index contributed by atoms with van der Waals surface area (Å²) >= 11 is 0. The lowest BCUT2D eigenvalue weighted by atomic mass is 10.1. The largest absolute Gasteiger partial charge is 0.459 e. The molecule has 1 heterocycles. The molecule has 0 fully saturated rings. The summed E-state index contributed by atoms with van der Waals surface area (Å²) in [6, 6.07) is 18.3. The van der Waals surface area contributed by atoms with Gasteiger partial charge in [0.15, 0.2) is 0 Å². The molecule has 0 aliphatic heterocycles. The Kier molecular flexibility index (Phi) is 3.93. The molecule has 0 aliphatic carbocycles. The molecule has 1 unspecified atom stereocenters. The maximum absolute atomic E-state index is 8.92. The first-order valence-electron chi connectivity index (χ1n) is 7.21. The summed E-state index contributed by atoms with van der Waals surface area (Å²) in [5.74, 6) is 0.927. The normalized spacial score (nSPS) is 12.5. The van der Waals surface area contributed by atoms with E-state index in [4.69, 9.17) is 9.52 Å². The van der Waals surface area contributed by atoms with E-state index in [1.807, 2.05) is 42.5 Å². The minimum absolute atomic E-state index is 0.0982. The molecular weight excluding hydrogens is 262 g/mol. The number of anilines is 1. The summed E-state index contributed by atoms with van der Waals surface area (Å²) < 4.78 is 5.87. The van der Waals surface area contributed by atoms with Crippen molar-refractivity contribution < 1.29 is 9.52 Å². The Labute approximate surface area is 124 Å². The second-order valence-electron chi connectivity index (χ2n) is 5.22. The highest BCUT2D eigenvalue weighted by atomic mass is 16.3. The molecule has 1 atom stereocenters. The van der Waals surface area contributed by atoms with Crippen molar-refractivity contribution >= 4 is 16.7 Å². The Hall–Kier alpha value is -2.26. The SMILES string of the molecule is CC(Nc1ccc(CCO)cc1)c1cc2ccccc2o1. The number of furan rings is 1. The standard InChI is InChI=1S/C18H19NO2/c1-13(18-12-15-4-2-3-5-17(15)21-18)19-16-8-6-14(7-9-16)10-11-20/h2-9,12-13,19-20H,10-11H2,1H3. The summed E-state index contributed by atoms with van der Waals surface area (Å²) in [4.78, 5) is 0. The Bertz CT molecular complexity index is 682. The third kappa shape index (κ3) is 3.09. The van der Waals surface area contributed by atoms with E-state index in [1.165, 1.54) is 0 Å². The molecule has 0 saturated heterocycles. The van der Waals surface area contributed by atoms with Gasteiger partial charge in [0.1, 0.15) is 11.3 Å². The lowest BCUT2D eigenvalue weighted by Gasteiger charge is -2.13. The molecule has 3 heteroatoms. The van der Waals surface area contributed by atoms with Crippen molar-refractivity contribution in [3.8, 4) is 0 Å². The molecule has 0 amide bonds. The van der Waals surface area contributed by atoms with Gasteiger partial charge in [-0.25, -0.2) is 0 Å². The zero-order valence-corrected chi connectivity index (χ0v) is 12.0. The van der Waals surface area contributed by atoms with Crippen LogP contribution in [0.15, 0.2) is 59.0 Å². The van der Waals surface area contributed by atoms with Crippen LogP contribution in [0.2, 0.25) is 0 Å². The predicted octanol–water partition coefficient (Wildman–Crippen LogP) is 4.14. The van der Waals surface area contributed by atoms with Crippen molar-refractivity contribution in [2.75, 3.05) is 11.9 Å². The van der Waals surface area contributed by atoms with Gasteiger partial charge in [0, 0.05) is 17.7 Å². The van der Waals surface area contributed by atoms with Gasteiger partial charge in [0.05, 0.1) is 6.04 Å². The van der Waals surface area contributed by atoms with Gasteiger partial charge in [-0.3, -0.25) is 0 Å². The van der Waals surface area contributed by atoms with Crippen LogP contribution in [0.3, 0.4) is 0 Å². The number of aliphatic hydroxyl groups is 1. The predicted molar refractivity (Wildman–Crippen MR) is 85.5 cm³/mol. The number of aliphatic hydroxyl groups excluding tert-OH is 1. The third-order valence-corrected chi connectivity index (χ3v) is 3.61. The van der Waals surface area contributed by atoms with Crippen LogP contribution in [0.1, 0.15) is 24.3 Å². The average Bonchev–Trinajstić information content (AvgIpc) is 2.94. The Balaban J connectivity index is 1.74. The quantitative estimate of drug-likeness (QED) is 0.738. The summed E-state index contributed by atoms with van der Waals surface area (Å²) in [5, 5.41) is 13.5. The number of hydrogen-bond acceptors (Lipinski definition) is 3. The fourth-order valence-electron chi connectivity index (χ4n) is 2.43. The minimum Gasteiger partial charge on any atom is -0.459 e. The Morgan fingerprint density at radius 2 is 1.86 bits per heavy atom. The van der Waals surface area contributed by atoms with Crippen LogP contribution >= 0.6 is 0 Å². The van der Waals surface area contributed by atoms with Crippen molar-refractivity contribution in [1.29, 1.82) is 0 Å². The number of para-hydroxylation sites is 1. The van der Waals surface area contributed by atoms with E-state index in [2.05, 4.69) is 24.4 Å². The fraction of sp³-hybridized carbons (Fsp3) is 0.222. The lowest BCUT2D eigenvalue weighted by Crippen LogP contribution is -2.05. The number of rotatable bonds is 5. The summed E-state index contributed by atoms with van der Waals surface area (Å²) in [5.41, 5.74) is 3.10. The molecule has 2 aromatic carbocycles. The Morgan fingerprint density at radius 1 is 1.10 bits per heavy atom. The van der Waals surface area contributed by atoms with Gasteiger partial charge in [-0.2, -0.15) is 0 Å². The second kappa shape index (κ2) is 6.02. The zero-order valence-electron chi connectivity index (χ0n) is 12.0. The van der Waals surface area contributed by atoms with Crippen LogP contribution in [0, 0.1) is 0 Å². The van der Waals surface area contributed by atoms with Crippen molar-refractivity contribution in [3.05, 3.63) is 65.9 Å². The molecule has 0 saturated carbocycles. The molecule has 0 bridgehead atoms. The minimum atomic E-state index is 0.0982. The molecular formula is C18H19NO2. The molecule has 0 aliphatic rings. The van der Waals surface area contributed by atoms with Gasteiger partial charge in [-0.15, -0.1) is 0 Å². The molecule has 1 aromatic heterocycles. The Morgan fingerprint density at radius 3 is 2.57 bits per heavy atom. The van der Waals surface area contributed by atoms with Gasteiger partial charge < -0.3 is 14.8 Å². The van der Waals surface area contributed by atoms with Gasteiger partial charge in [0.25, 0.3) is 0 Å². The van der Waals surface area contributed by atoms with Gasteiger partial charge in [-0.05, 0) is 43.2 Å². The molecule has 3 nitrogen and oxygen atoms in total. The van der Waals surface area contributed by atoms with Crippen LogP contribution in [0.4, 0.5) is 5.69 Å². The topological polar surface area (TPSA) is 45.4 Å². The lowest BCUT2D eigenvalue weighted by molar-refractivity contribution is 0.299. The molecule has 3 rings (SSSR count). The van der Waals surface area contributed by atoms with Crippen LogP contribution in [-0.4, -0.2) is 11.7 Å². The van der Waals surface area contributed by atoms with E-state index in [0.29, 0.717) is 6.42 Å². The van der Waals surface area contributed by atoms with E-state index in [0.717, 1.165) is 28.0 Å². The number of nitrogens with one attached hydrogen (secondary N) is 1. The monoisotopic (exact) mass is 281 g/mol. The first-order chi connectivity index (χ1) is 10.3. The van der Waals surface area contributed by atoms with Gasteiger partial charge in [0.2, 0.25) is 0 Å². The average molecular weight is 281 g/mol. The van der Waals surface area contributed by atoms with E-state index >= 15 is 0 Å². The summed E-state index contributed by atoms with van der Waals surface area (Å²) in [7, 11) is 0. The van der Waals surface area contributed by atoms with Crippen LogP contribution < -0.4 is 5.32 Å². The highest BCUT2D eigenvalue weighted by Crippen LogP contribution is 2.26. The molecule has 0 radical (unpaired) electrons. The molecule has 0 spiro atoms. The summed E-state index contributed by atoms with van der Waals surface area (Å²) in [6.45, 7) is 2.27. The van der Waals surface area contributed by atoms with E-state index in [1.54, 1.807) is 0 Å². The summed E-state index contributed by atoms with van der Waals surface area (Å²) in [6.07, 6.45) is 0.694. The molecule has 108 valence electrons. The van der Waals surface area contributed by atoms with Gasteiger partial charge >= 0.3 is 0 Å². The molecule has 21 heavy (non-hydrogen) atoms. The third-order valence-electron chi connectivity index (χ3n) is 3.61. The van der Waals surface area contributed by atoms with Crippen molar-refractivity contribution in [2.45, 2.75) is 19.4 Å². The van der Waals surface area contributed by atoms with Crippen molar-refractivity contribution in [2.24, 2.45) is 0 Å². The smallest absolute Gasteiger partial charge is 0.134 e. The second-order valence-corrected chi connectivity index (χ2v) is 5.22. The van der Waals surface area contributed by atoms with Crippen LogP contribution in [0.5, 0.6) is 0 Å². The molecule has 2 N–H and O–H groups in total. The van der Waals surface area contributed by atoms with Gasteiger partial charge in [-0.1, -0.05) is 30.3 Å². The van der Waals surface area contributed by atoms with Crippen LogP contribution in [0.25, 0.3) is 11.0 Å². The first kappa shape index (κ1) is 13.7. The fourth-order valence-corrected chi connectivity index (χ4v) is 2.43. The number of fused-ring (bicyclic) bond motifs is 1.